The SMILES string of the molecule is N#C[C@@H](N)C12CC3CC(CC(C3)C1)C2. The summed E-state index contributed by atoms with van der Waals surface area (Å²) in [6.45, 7) is 0. The first-order chi connectivity index (χ1) is 6.72. The molecule has 0 aliphatic heterocycles. The van der Waals surface area contributed by atoms with Gasteiger partial charge in [-0.1, -0.05) is 0 Å². The van der Waals surface area contributed by atoms with E-state index in [2.05, 4.69) is 6.07 Å². The molecule has 76 valence electrons. The third-order valence-electron chi connectivity index (χ3n) is 4.88. The maximum atomic E-state index is 9.02. The topological polar surface area (TPSA) is 49.8 Å². The zero-order valence-electron chi connectivity index (χ0n) is 8.58. The average Bonchev–Trinajstić information content (AvgIpc) is 2.14. The van der Waals surface area contributed by atoms with Crippen molar-refractivity contribution in [2.45, 2.75) is 44.6 Å². The van der Waals surface area contributed by atoms with Crippen molar-refractivity contribution in [2.24, 2.45) is 28.9 Å². The van der Waals surface area contributed by atoms with Crippen LogP contribution in [0.3, 0.4) is 0 Å². The molecule has 4 rings (SSSR count). The first-order valence-corrected chi connectivity index (χ1v) is 5.87. The fraction of sp³-hybridized carbons (Fsp3) is 0.917. The van der Waals surface area contributed by atoms with Gasteiger partial charge < -0.3 is 5.73 Å². The van der Waals surface area contributed by atoms with Gasteiger partial charge in [-0.3, -0.25) is 0 Å². The highest BCUT2D eigenvalue weighted by molar-refractivity contribution is 5.10. The Morgan fingerprint density at radius 1 is 1.07 bits per heavy atom. The Hall–Kier alpha value is -0.550. The molecule has 2 N–H and O–H groups in total. The summed E-state index contributed by atoms with van der Waals surface area (Å²) in [4.78, 5) is 0. The largest absolute Gasteiger partial charge is 0.315 e. The molecular formula is C12H18N2. The minimum Gasteiger partial charge on any atom is -0.315 e. The number of nitrogens with zero attached hydrogens (tertiary/aromatic N) is 1. The van der Waals surface area contributed by atoms with Crippen LogP contribution >= 0.6 is 0 Å². The van der Waals surface area contributed by atoms with Gasteiger partial charge in [-0.2, -0.15) is 5.26 Å². The second kappa shape index (κ2) is 2.73. The van der Waals surface area contributed by atoms with Gasteiger partial charge in [0.05, 0.1) is 12.1 Å². The number of nitrogens with two attached hydrogens (primary N) is 1. The standard InChI is InChI=1S/C12H18N2/c13-7-11(14)12-4-8-1-9(5-12)3-10(2-8)6-12/h8-11H,1-6,14H2/t8?,9?,10?,11-,12?/m1/s1. The highest BCUT2D eigenvalue weighted by Crippen LogP contribution is 2.60. The molecule has 4 aliphatic carbocycles. The van der Waals surface area contributed by atoms with Crippen molar-refractivity contribution in [3.05, 3.63) is 0 Å². The van der Waals surface area contributed by atoms with Crippen LogP contribution in [0.15, 0.2) is 0 Å². The van der Waals surface area contributed by atoms with Gasteiger partial charge in [0.2, 0.25) is 0 Å². The lowest BCUT2D eigenvalue weighted by Gasteiger charge is -2.57. The summed E-state index contributed by atoms with van der Waals surface area (Å²) in [5, 5.41) is 9.02. The molecule has 14 heavy (non-hydrogen) atoms. The van der Waals surface area contributed by atoms with Crippen molar-refractivity contribution < 1.29 is 0 Å². The van der Waals surface area contributed by atoms with E-state index in [0.29, 0.717) is 0 Å². The fourth-order valence-electron chi connectivity index (χ4n) is 4.70. The second-order valence-electron chi connectivity index (χ2n) is 5.89. The van der Waals surface area contributed by atoms with Gasteiger partial charge in [0.25, 0.3) is 0 Å². The quantitative estimate of drug-likeness (QED) is 0.688. The Bertz CT molecular complexity index is 254. The van der Waals surface area contributed by atoms with Crippen molar-refractivity contribution in [3.63, 3.8) is 0 Å². The van der Waals surface area contributed by atoms with E-state index in [9.17, 15) is 0 Å². The van der Waals surface area contributed by atoms with Crippen LogP contribution in [-0.2, 0) is 0 Å². The van der Waals surface area contributed by atoms with Crippen LogP contribution in [0.5, 0.6) is 0 Å². The van der Waals surface area contributed by atoms with Crippen molar-refractivity contribution in [2.75, 3.05) is 0 Å². The Kier molecular flexibility index (Phi) is 1.70. The molecule has 4 saturated carbocycles. The predicted octanol–water partition coefficient (Wildman–Crippen LogP) is 2.05. The summed E-state index contributed by atoms with van der Waals surface area (Å²) in [6.07, 6.45) is 8.02. The molecule has 0 unspecified atom stereocenters. The van der Waals surface area contributed by atoms with Crippen LogP contribution in [0.25, 0.3) is 0 Å². The van der Waals surface area contributed by atoms with Gasteiger partial charge in [-0.25, -0.2) is 0 Å². The minimum absolute atomic E-state index is 0.198. The van der Waals surface area contributed by atoms with Crippen molar-refractivity contribution in [1.29, 1.82) is 5.26 Å². The van der Waals surface area contributed by atoms with Gasteiger partial charge in [0.15, 0.2) is 0 Å². The van der Waals surface area contributed by atoms with Crippen LogP contribution in [0, 0.1) is 34.5 Å². The van der Waals surface area contributed by atoms with E-state index in [-0.39, 0.29) is 11.5 Å². The Balaban J connectivity index is 1.91. The molecule has 0 aromatic carbocycles. The van der Waals surface area contributed by atoms with Gasteiger partial charge in [0, 0.05) is 0 Å². The predicted molar refractivity (Wildman–Crippen MR) is 54.2 cm³/mol. The summed E-state index contributed by atoms with van der Waals surface area (Å²) < 4.78 is 0. The van der Waals surface area contributed by atoms with Crippen molar-refractivity contribution >= 4 is 0 Å². The number of hydrogen-bond acceptors (Lipinski definition) is 2. The van der Waals surface area contributed by atoms with Crippen LogP contribution in [0.2, 0.25) is 0 Å². The zero-order valence-corrected chi connectivity index (χ0v) is 8.58. The lowest BCUT2D eigenvalue weighted by molar-refractivity contribution is -0.0578. The molecule has 0 radical (unpaired) electrons. The van der Waals surface area contributed by atoms with Crippen LogP contribution < -0.4 is 5.73 Å². The van der Waals surface area contributed by atoms with Gasteiger partial charge >= 0.3 is 0 Å². The first-order valence-electron chi connectivity index (χ1n) is 5.87. The Morgan fingerprint density at radius 3 is 1.86 bits per heavy atom. The van der Waals surface area contributed by atoms with E-state index in [1.54, 1.807) is 0 Å². The summed E-state index contributed by atoms with van der Waals surface area (Å²) >= 11 is 0. The molecule has 1 atom stereocenters. The summed E-state index contributed by atoms with van der Waals surface area (Å²) in [5.41, 5.74) is 6.24. The maximum absolute atomic E-state index is 9.02. The van der Waals surface area contributed by atoms with Crippen LogP contribution in [0.1, 0.15) is 38.5 Å². The lowest BCUT2D eigenvalue weighted by atomic mass is 9.48. The summed E-state index contributed by atoms with van der Waals surface area (Å²) in [5.74, 6) is 2.71. The van der Waals surface area contributed by atoms with Gasteiger partial charge in [-0.05, 0) is 61.7 Å². The van der Waals surface area contributed by atoms with E-state index in [1.165, 1.54) is 38.5 Å². The average molecular weight is 190 g/mol. The van der Waals surface area contributed by atoms with E-state index in [1.807, 2.05) is 0 Å². The molecule has 2 heteroatoms. The number of hydrogen-bond donors (Lipinski definition) is 1. The minimum atomic E-state index is -0.198. The Morgan fingerprint density at radius 2 is 1.50 bits per heavy atom. The molecule has 0 aromatic rings. The van der Waals surface area contributed by atoms with E-state index in [4.69, 9.17) is 11.0 Å². The molecular weight excluding hydrogens is 172 g/mol. The molecule has 0 aromatic heterocycles. The molecule has 0 saturated heterocycles. The summed E-state index contributed by atoms with van der Waals surface area (Å²) in [6, 6.07) is 2.10. The maximum Gasteiger partial charge on any atom is 0.0985 e. The van der Waals surface area contributed by atoms with Crippen LogP contribution in [-0.4, -0.2) is 6.04 Å². The van der Waals surface area contributed by atoms with Crippen molar-refractivity contribution in [1.82, 2.24) is 0 Å². The van der Waals surface area contributed by atoms with Gasteiger partial charge in [-0.15, -0.1) is 0 Å². The zero-order chi connectivity index (χ0) is 9.76. The third kappa shape index (κ3) is 1.05. The Labute approximate surface area is 85.5 Å². The lowest BCUT2D eigenvalue weighted by Crippen LogP contribution is -2.54. The fourth-order valence-corrected chi connectivity index (χ4v) is 4.70. The highest BCUT2D eigenvalue weighted by Gasteiger charge is 2.53. The number of rotatable bonds is 1. The molecule has 0 amide bonds. The van der Waals surface area contributed by atoms with Gasteiger partial charge in [0.1, 0.15) is 0 Å². The number of nitriles is 1. The first kappa shape index (κ1) is 8.73. The molecule has 0 spiro atoms. The second-order valence-corrected chi connectivity index (χ2v) is 5.89. The third-order valence-corrected chi connectivity index (χ3v) is 4.88. The monoisotopic (exact) mass is 190 g/mol. The summed E-state index contributed by atoms with van der Waals surface area (Å²) in [7, 11) is 0. The van der Waals surface area contributed by atoms with E-state index < -0.39 is 0 Å². The van der Waals surface area contributed by atoms with E-state index >= 15 is 0 Å². The van der Waals surface area contributed by atoms with Crippen molar-refractivity contribution in [3.8, 4) is 6.07 Å². The molecule has 2 nitrogen and oxygen atoms in total. The molecule has 4 aliphatic rings. The molecule has 0 heterocycles. The molecule has 4 bridgehead atoms. The van der Waals surface area contributed by atoms with E-state index in [0.717, 1.165) is 17.8 Å². The smallest absolute Gasteiger partial charge is 0.0985 e. The highest BCUT2D eigenvalue weighted by atomic mass is 14.7. The molecule has 4 fully saturated rings. The normalized spacial score (nSPS) is 51.6. The van der Waals surface area contributed by atoms with Crippen LogP contribution in [0.4, 0.5) is 0 Å².